The summed E-state index contributed by atoms with van der Waals surface area (Å²) in [6, 6.07) is 23.9. The van der Waals surface area contributed by atoms with Gasteiger partial charge in [0.25, 0.3) is 0 Å². The summed E-state index contributed by atoms with van der Waals surface area (Å²) in [6.45, 7) is 4.84. The molecule has 0 saturated heterocycles. The van der Waals surface area contributed by atoms with Crippen molar-refractivity contribution >= 4 is 0 Å². The van der Waals surface area contributed by atoms with Gasteiger partial charge >= 0.3 is 0 Å². The molecule has 33 heavy (non-hydrogen) atoms. The monoisotopic (exact) mass is 438 g/mol. The maximum Gasteiger partial charge on any atom is 0.147 e. The molecule has 4 heteroatoms. The van der Waals surface area contributed by atoms with Crippen molar-refractivity contribution in [1.29, 1.82) is 10.5 Å². The first-order valence-electron chi connectivity index (χ1n) is 11.5. The number of benzene rings is 3. The largest absolute Gasteiger partial charge is 0.495 e. The highest BCUT2D eigenvalue weighted by molar-refractivity contribution is 5.92. The maximum absolute atomic E-state index is 10.3. The summed E-state index contributed by atoms with van der Waals surface area (Å²) in [5.41, 5.74) is 3.59. The number of ether oxygens (including phenoxy) is 2. The Morgan fingerprint density at radius 1 is 0.788 bits per heavy atom. The second-order valence-electron chi connectivity index (χ2n) is 8.05. The van der Waals surface area contributed by atoms with Crippen LogP contribution in [-0.4, -0.2) is 13.7 Å². The van der Waals surface area contributed by atoms with Gasteiger partial charge in [0.1, 0.15) is 34.8 Å². The van der Waals surface area contributed by atoms with Crippen LogP contribution in [0.3, 0.4) is 0 Å². The standard InChI is InChI=1S/C29H30N2O2/c1-4-6-13-21(5-2)20-33-29-25(19-31)26(22-14-9-7-10-15-22)28(32-3)24(18-30)27(29)23-16-11-8-12-17-23/h7-12,14-17,21H,4-6,13,20H2,1-3H3. The van der Waals surface area contributed by atoms with Crippen LogP contribution in [0.2, 0.25) is 0 Å². The van der Waals surface area contributed by atoms with E-state index in [-0.39, 0.29) is 0 Å². The van der Waals surface area contributed by atoms with Crippen molar-refractivity contribution in [3.63, 3.8) is 0 Å². The number of nitriles is 2. The lowest BCUT2D eigenvalue weighted by atomic mass is 9.88. The average Bonchev–Trinajstić information content (AvgIpc) is 2.88. The Morgan fingerprint density at radius 2 is 1.30 bits per heavy atom. The molecule has 0 bridgehead atoms. The van der Waals surface area contributed by atoms with Crippen LogP contribution in [0, 0.1) is 28.6 Å². The lowest BCUT2D eigenvalue weighted by Gasteiger charge is -2.23. The quantitative estimate of drug-likeness (QED) is 0.331. The van der Waals surface area contributed by atoms with Gasteiger partial charge in [-0.05, 0) is 23.5 Å². The molecule has 0 aliphatic rings. The van der Waals surface area contributed by atoms with E-state index in [9.17, 15) is 10.5 Å². The van der Waals surface area contributed by atoms with E-state index in [0.29, 0.717) is 46.3 Å². The molecular formula is C29H30N2O2. The molecule has 0 heterocycles. The average molecular weight is 439 g/mol. The lowest BCUT2D eigenvalue weighted by Crippen LogP contribution is -2.13. The highest BCUT2D eigenvalue weighted by Gasteiger charge is 2.28. The Morgan fingerprint density at radius 3 is 1.76 bits per heavy atom. The van der Waals surface area contributed by atoms with Gasteiger partial charge in [0, 0.05) is 11.1 Å². The highest BCUT2D eigenvalue weighted by Crippen LogP contribution is 2.48. The van der Waals surface area contributed by atoms with Crippen molar-refractivity contribution < 1.29 is 9.47 Å². The fraction of sp³-hybridized carbons (Fsp3) is 0.310. The molecule has 3 rings (SSSR count). The third-order valence-corrected chi connectivity index (χ3v) is 5.97. The van der Waals surface area contributed by atoms with Gasteiger partial charge in [-0.25, -0.2) is 0 Å². The van der Waals surface area contributed by atoms with E-state index in [4.69, 9.17) is 9.47 Å². The predicted molar refractivity (Wildman–Crippen MR) is 132 cm³/mol. The smallest absolute Gasteiger partial charge is 0.147 e. The van der Waals surface area contributed by atoms with E-state index in [2.05, 4.69) is 26.0 Å². The van der Waals surface area contributed by atoms with Gasteiger partial charge in [-0.15, -0.1) is 0 Å². The highest BCUT2D eigenvalue weighted by atomic mass is 16.5. The molecular weight excluding hydrogens is 408 g/mol. The van der Waals surface area contributed by atoms with Crippen molar-refractivity contribution in [2.45, 2.75) is 39.5 Å². The van der Waals surface area contributed by atoms with Gasteiger partial charge in [0.15, 0.2) is 0 Å². The summed E-state index contributed by atoms with van der Waals surface area (Å²) in [4.78, 5) is 0. The van der Waals surface area contributed by atoms with Crippen molar-refractivity contribution in [3.8, 4) is 45.9 Å². The number of nitrogens with zero attached hydrogens (tertiary/aromatic N) is 2. The fourth-order valence-electron chi connectivity index (χ4n) is 4.13. The van der Waals surface area contributed by atoms with Crippen molar-refractivity contribution in [2.24, 2.45) is 5.92 Å². The topological polar surface area (TPSA) is 66.0 Å². The molecule has 3 aromatic rings. The summed E-state index contributed by atoms with van der Waals surface area (Å²) in [6.07, 6.45) is 4.34. The Balaban J connectivity index is 2.30. The normalized spacial score (nSPS) is 11.3. The third kappa shape index (κ3) is 5.18. The predicted octanol–water partition coefficient (Wildman–Crippen LogP) is 7.37. The summed E-state index contributed by atoms with van der Waals surface area (Å²) in [7, 11) is 1.54. The first-order chi connectivity index (χ1) is 16.2. The Bertz CT molecular complexity index is 1140. The van der Waals surface area contributed by atoms with Crippen LogP contribution in [-0.2, 0) is 0 Å². The molecule has 0 radical (unpaired) electrons. The van der Waals surface area contributed by atoms with Gasteiger partial charge < -0.3 is 9.47 Å². The van der Waals surface area contributed by atoms with E-state index < -0.39 is 0 Å². The molecule has 0 amide bonds. The van der Waals surface area contributed by atoms with Crippen molar-refractivity contribution in [1.82, 2.24) is 0 Å². The van der Waals surface area contributed by atoms with Crippen LogP contribution in [0.25, 0.3) is 22.3 Å². The maximum atomic E-state index is 10.3. The molecule has 0 aliphatic heterocycles. The summed E-state index contributed by atoms with van der Waals surface area (Å²) >= 11 is 0. The van der Waals surface area contributed by atoms with Gasteiger partial charge in [-0.3, -0.25) is 0 Å². The molecule has 168 valence electrons. The second-order valence-corrected chi connectivity index (χ2v) is 8.05. The van der Waals surface area contributed by atoms with E-state index >= 15 is 0 Å². The summed E-state index contributed by atoms with van der Waals surface area (Å²) in [5.74, 6) is 1.23. The second kappa shape index (κ2) is 11.7. The molecule has 1 unspecified atom stereocenters. The molecule has 0 N–H and O–H groups in total. The minimum absolute atomic E-state index is 0.373. The number of hydrogen-bond donors (Lipinski definition) is 0. The van der Waals surface area contributed by atoms with Gasteiger partial charge in [-0.1, -0.05) is 93.8 Å². The zero-order chi connectivity index (χ0) is 23.6. The summed E-state index contributed by atoms with van der Waals surface area (Å²) in [5, 5.41) is 20.5. The third-order valence-electron chi connectivity index (χ3n) is 5.97. The van der Waals surface area contributed by atoms with E-state index in [1.165, 1.54) is 7.11 Å². The van der Waals surface area contributed by atoms with Crippen molar-refractivity contribution in [2.75, 3.05) is 13.7 Å². The Labute approximate surface area is 197 Å². The van der Waals surface area contributed by atoms with E-state index in [0.717, 1.165) is 36.8 Å². The van der Waals surface area contributed by atoms with E-state index in [1.807, 2.05) is 60.7 Å². The molecule has 0 aromatic heterocycles. The zero-order valence-corrected chi connectivity index (χ0v) is 19.6. The minimum Gasteiger partial charge on any atom is -0.495 e. The van der Waals surface area contributed by atoms with Crippen molar-refractivity contribution in [3.05, 3.63) is 71.8 Å². The first-order valence-corrected chi connectivity index (χ1v) is 11.5. The van der Waals surface area contributed by atoms with Crippen LogP contribution in [0.5, 0.6) is 11.5 Å². The van der Waals surface area contributed by atoms with Gasteiger partial charge in [-0.2, -0.15) is 10.5 Å². The molecule has 0 fully saturated rings. The van der Waals surface area contributed by atoms with Crippen LogP contribution in [0.1, 0.15) is 50.7 Å². The Hall–Kier alpha value is -3.76. The SMILES string of the molecule is CCCCC(CC)COc1c(C#N)c(-c2ccccc2)c(OC)c(C#N)c1-c1ccccc1. The molecule has 1 atom stereocenters. The molecule has 4 nitrogen and oxygen atoms in total. The Kier molecular flexibility index (Phi) is 8.50. The molecule has 3 aromatic carbocycles. The number of methoxy groups -OCH3 is 1. The fourth-order valence-corrected chi connectivity index (χ4v) is 4.13. The summed E-state index contributed by atoms with van der Waals surface area (Å²) < 4.78 is 12.2. The number of rotatable bonds is 10. The number of hydrogen-bond acceptors (Lipinski definition) is 4. The molecule has 0 aliphatic carbocycles. The van der Waals surface area contributed by atoms with Crippen LogP contribution in [0.15, 0.2) is 60.7 Å². The van der Waals surface area contributed by atoms with Crippen LogP contribution >= 0.6 is 0 Å². The van der Waals surface area contributed by atoms with Crippen LogP contribution < -0.4 is 9.47 Å². The first kappa shape index (κ1) is 23.9. The number of unbranched alkanes of at least 4 members (excludes halogenated alkanes) is 1. The molecule has 0 spiro atoms. The van der Waals surface area contributed by atoms with E-state index in [1.54, 1.807) is 0 Å². The minimum atomic E-state index is 0.373. The molecule has 0 saturated carbocycles. The zero-order valence-electron chi connectivity index (χ0n) is 19.6. The van der Waals surface area contributed by atoms with Gasteiger partial charge in [0.05, 0.1) is 13.7 Å². The lowest BCUT2D eigenvalue weighted by molar-refractivity contribution is 0.233. The van der Waals surface area contributed by atoms with Gasteiger partial charge in [0.2, 0.25) is 0 Å². The van der Waals surface area contributed by atoms with Crippen LogP contribution in [0.4, 0.5) is 0 Å².